The monoisotopic (exact) mass is 618 g/mol. The molecule has 0 spiro atoms. The van der Waals surface area contributed by atoms with Gasteiger partial charge in [-0.2, -0.15) is 4.57 Å². The molecule has 4 aromatic rings. The summed E-state index contributed by atoms with van der Waals surface area (Å²) in [5, 5.41) is 19.5. The summed E-state index contributed by atoms with van der Waals surface area (Å²) < 4.78 is 2.49. The number of nitrogens with one attached hydrogen (secondary N) is 2. The summed E-state index contributed by atoms with van der Waals surface area (Å²) in [6, 6.07) is 29.6. The van der Waals surface area contributed by atoms with Crippen molar-refractivity contribution in [1.82, 2.24) is 10.6 Å². The smallest absolute Gasteiger partial charge is 0.286 e. The topological polar surface area (TPSA) is 82.3 Å². The molecule has 7 atom stereocenters. The molecule has 3 aliphatic heterocycles. The summed E-state index contributed by atoms with van der Waals surface area (Å²) in [5.41, 5.74) is 3.86. The number of aromatic nitrogens is 1. The molecule has 0 saturated carbocycles. The third-order valence-corrected chi connectivity index (χ3v) is 10.4. The highest BCUT2D eigenvalue weighted by molar-refractivity contribution is 5.81. The number of carbonyl (C=O) groups excluding carboxylic acids is 2. The first-order chi connectivity index (χ1) is 22.3. The average molecular weight is 619 g/mol. The van der Waals surface area contributed by atoms with Gasteiger partial charge < -0.3 is 20.2 Å². The fourth-order valence-electron chi connectivity index (χ4n) is 7.96. The number of carbonyl (C=O) groups is 2. The zero-order chi connectivity index (χ0) is 32.3. The second-order valence-electron chi connectivity index (χ2n) is 13.3. The number of benzene rings is 3. The highest BCUT2D eigenvalue weighted by Crippen LogP contribution is 2.47. The molecule has 0 aliphatic carbocycles. The number of nitrogens with zero attached hydrogens (tertiary/aromatic N) is 2. The zero-order valence-corrected chi connectivity index (χ0v) is 26.9. The molecule has 2 bridgehead atoms. The molecule has 7 rings (SSSR count). The van der Waals surface area contributed by atoms with E-state index in [0.29, 0.717) is 22.9 Å². The van der Waals surface area contributed by atoms with E-state index in [1.165, 1.54) is 0 Å². The minimum absolute atomic E-state index is 0.00298. The van der Waals surface area contributed by atoms with Crippen molar-refractivity contribution >= 4 is 22.7 Å². The third kappa shape index (κ3) is 6.48. The number of hydrogen-bond donors (Lipinski definition) is 3. The molecule has 3 N–H and O–H groups in total. The number of hydrogen-bond acceptors (Lipinski definition) is 3. The van der Waals surface area contributed by atoms with Crippen LogP contribution in [0.2, 0.25) is 0 Å². The van der Waals surface area contributed by atoms with Crippen LogP contribution in [0.1, 0.15) is 61.6 Å². The van der Waals surface area contributed by atoms with Gasteiger partial charge in [-0.15, -0.1) is 6.58 Å². The van der Waals surface area contributed by atoms with Gasteiger partial charge in [0.2, 0.25) is 12.1 Å². The first kappa shape index (κ1) is 31.6. The Morgan fingerprint density at radius 2 is 1.52 bits per heavy atom. The molecule has 7 heteroatoms. The van der Waals surface area contributed by atoms with Crippen LogP contribution in [-0.2, 0) is 16.1 Å². The summed E-state index contributed by atoms with van der Waals surface area (Å²) >= 11 is 0. The Hall–Kier alpha value is -4.33. The van der Waals surface area contributed by atoms with Crippen LogP contribution < -0.4 is 15.2 Å². The molecule has 3 saturated heterocycles. The van der Waals surface area contributed by atoms with Gasteiger partial charge in [0, 0.05) is 36.5 Å². The molecule has 238 valence electrons. The molecule has 3 fully saturated rings. The number of pyridine rings is 1. The van der Waals surface area contributed by atoms with E-state index in [0.717, 1.165) is 53.5 Å². The van der Waals surface area contributed by atoms with Crippen LogP contribution in [0.15, 0.2) is 110 Å². The zero-order valence-electron chi connectivity index (χ0n) is 26.9. The Morgan fingerprint density at radius 1 is 0.913 bits per heavy atom. The highest BCUT2D eigenvalue weighted by Gasteiger charge is 2.55. The lowest BCUT2D eigenvalue weighted by atomic mass is 9.71. The van der Waals surface area contributed by atoms with E-state index in [1.807, 2.05) is 116 Å². The van der Waals surface area contributed by atoms with Crippen molar-refractivity contribution in [3.05, 3.63) is 127 Å². The third-order valence-electron chi connectivity index (χ3n) is 10.4. The number of fused-ring (bicyclic) bond motifs is 4. The van der Waals surface area contributed by atoms with E-state index in [1.54, 1.807) is 0 Å². The number of para-hydroxylation sites is 1. The molecular formula is C39H46N4O3+2. The molecule has 7 nitrogen and oxygen atoms in total. The fourth-order valence-corrected chi connectivity index (χ4v) is 7.96. The summed E-state index contributed by atoms with van der Waals surface area (Å²) in [5.74, 6) is 0.691. The maximum absolute atomic E-state index is 13.6. The molecule has 46 heavy (non-hydrogen) atoms. The number of aliphatic hydroxyl groups is 1. The van der Waals surface area contributed by atoms with Crippen LogP contribution in [-0.4, -0.2) is 47.1 Å². The molecule has 1 aromatic heterocycles. The normalized spacial score (nSPS) is 24.1. The van der Waals surface area contributed by atoms with Crippen molar-refractivity contribution in [2.45, 2.75) is 57.5 Å². The van der Waals surface area contributed by atoms with Crippen molar-refractivity contribution in [3.63, 3.8) is 0 Å². The largest absolute Gasteiger partial charge is 0.382 e. The highest BCUT2D eigenvalue weighted by atomic mass is 16.3. The maximum atomic E-state index is 13.6. The standard InChI is InChI=1S/C39H44N4O3/c1-4-29-25-43(26-38(45)41-28(3)31-15-9-6-10-16-31)22-20-32(29)23-36(43)39(46)34-19-21-42(35-18-12-11-17-33(34)35)24-37(44)40-27(2)30-13-7-5-8-14-30/h4-19,21,27-29,32,36,39,46H,1,20,22-26H2,2-3H3/p+2/t27-,28-,29-,32-,36-,39+,43-/m0/s1. The van der Waals surface area contributed by atoms with Gasteiger partial charge >= 0.3 is 0 Å². The lowest BCUT2D eigenvalue weighted by Crippen LogP contribution is -2.70. The summed E-state index contributed by atoms with van der Waals surface area (Å²) in [6.45, 7) is 10.3. The van der Waals surface area contributed by atoms with Crippen molar-refractivity contribution in [2.75, 3.05) is 19.6 Å². The van der Waals surface area contributed by atoms with Crippen LogP contribution in [0.25, 0.3) is 10.9 Å². The lowest BCUT2D eigenvalue weighted by molar-refractivity contribution is -0.966. The Bertz CT molecular complexity index is 1690. The lowest BCUT2D eigenvalue weighted by Gasteiger charge is -2.57. The van der Waals surface area contributed by atoms with Crippen molar-refractivity contribution in [2.24, 2.45) is 11.8 Å². The Balaban J connectivity index is 1.24. The average Bonchev–Trinajstić information content (AvgIpc) is 3.08. The summed E-state index contributed by atoms with van der Waals surface area (Å²) in [4.78, 5) is 26.8. The van der Waals surface area contributed by atoms with Gasteiger partial charge in [-0.3, -0.25) is 9.59 Å². The van der Waals surface area contributed by atoms with Gasteiger partial charge in [-0.25, -0.2) is 0 Å². The van der Waals surface area contributed by atoms with E-state index in [2.05, 4.69) is 23.3 Å². The van der Waals surface area contributed by atoms with Gasteiger partial charge in [-0.05, 0) is 37.0 Å². The predicted molar refractivity (Wildman–Crippen MR) is 180 cm³/mol. The first-order valence-corrected chi connectivity index (χ1v) is 16.5. The number of rotatable bonds is 11. The van der Waals surface area contributed by atoms with E-state index in [4.69, 9.17) is 0 Å². The minimum atomic E-state index is -0.764. The summed E-state index contributed by atoms with van der Waals surface area (Å²) in [6.07, 6.45) is 5.05. The molecule has 0 radical (unpaired) electrons. The van der Waals surface area contributed by atoms with Gasteiger partial charge in [0.1, 0.15) is 12.1 Å². The van der Waals surface area contributed by atoms with Gasteiger partial charge in [0.25, 0.3) is 11.8 Å². The molecule has 2 amide bonds. The van der Waals surface area contributed by atoms with Crippen LogP contribution in [0, 0.1) is 11.8 Å². The Kier molecular flexibility index (Phi) is 9.34. The maximum Gasteiger partial charge on any atom is 0.286 e. The van der Waals surface area contributed by atoms with E-state index in [-0.39, 0.29) is 36.5 Å². The fraction of sp³-hybridized carbons (Fsp3) is 0.359. The Morgan fingerprint density at radius 3 is 2.17 bits per heavy atom. The first-order valence-electron chi connectivity index (χ1n) is 16.5. The van der Waals surface area contributed by atoms with E-state index < -0.39 is 6.10 Å². The van der Waals surface area contributed by atoms with Gasteiger partial charge in [0.15, 0.2) is 12.7 Å². The predicted octanol–water partition coefficient (Wildman–Crippen LogP) is 5.33. The number of quaternary nitrogens is 1. The van der Waals surface area contributed by atoms with Gasteiger partial charge in [0.05, 0.1) is 30.6 Å². The molecule has 3 aliphatic rings. The number of aliphatic hydroxyl groups excluding tert-OH is 1. The van der Waals surface area contributed by atoms with E-state index in [9.17, 15) is 14.7 Å². The SMILES string of the molecule is C=C[C@H]1C[N@+]2(CC(=O)N[C@@H](C)c3ccccc3)CC[C@H]1C[C@H]2[C@H](O)c1cc[n+](CC(=O)N[C@@H](C)c2ccccc2)c2ccccc12. The summed E-state index contributed by atoms with van der Waals surface area (Å²) in [7, 11) is 0. The molecule has 3 aromatic carbocycles. The quantitative estimate of drug-likeness (QED) is 0.121. The number of piperidine rings is 3. The van der Waals surface area contributed by atoms with Crippen LogP contribution in [0.5, 0.6) is 0 Å². The van der Waals surface area contributed by atoms with Crippen LogP contribution in [0.3, 0.4) is 0 Å². The van der Waals surface area contributed by atoms with Crippen LogP contribution in [0.4, 0.5) is 0 Å². The van der Waals surface area contributed by atoms with E-state index >= 15 is 0 Å². The second kappa shape index (κ2) is 13.6. The van der Waals surface area contributed by atoms with Crippen molar-refractivity contribution in [1.29, 1.82) is 0 Å². The van der Waals surface area contributed by atoms with Crippen molar-refractivity contribution in [3.8, 4) is 0 Å². The number of amides is 2. The van der Waals surface area contributed by atoms with Crippen molar-refractivity contribution < 1.29 is 23.7 Å². The molecular weight excluding hydrogens is 572 g/mol. The van der Waals surface area contributed by atoms with Gasteiger partial charge in [-0.1, -0.05) is 78.9 Å². The molecule has 0 unspecified atom stereocenters. The Labute approximate surface area is 272 Å². The molecule has 4 heterocycles. The van der Waals surface area contributed by atoms with Crippen LogP contribution >= 0.6 is 0 Å². The second-order valence-corrected chi connectivity index (χ2v) is 13.3. The minimum Gasteiger partial charge on any atom is -0.382 e.